The fraction of sp³-hybridized carbons (Fsp3) is 1.00. The molecule has 5 heteroatoms. The van der Waals surface area contributed by atoms with E-state index in [4.69, 9.17) is 4.74 Å². The van der Waals surface area contributed by atoms with Gasteiger partial charge in [-0.05, 0) is 41.4 Å². The summed E-state index contributed by atoms with van der Waals surface area (Å²) in [6.07, 6.45) is 1.22. The van der Waals surface area contributed by atoms with E-state index in [1.165, 1.54) is 0 Å². The summed E-state index contributed by atoms with van der Waals surface area (Å²) in [5.41, 5.74) is -1.55. The van der Waals surface area contributed by atoms with Gasteiger partial charge in [-0.3, -0.25) is 0 Å². The topological polar surface area (TPSA) is 38.7 Å². The molecule has 0 radical (unpaired) electrons. The van der Waals surface area contributed by atoms with Gasteiger partial charge >= 0.3 is 6.61 Å². The predicted octanol–water partition coefficient (Wildman–Crippen LogP) is 5.90. The van der Waals surface area contributed by atoms with Crippen molar-refractivity contribution in [1.82, 2.24) is 0 Å². The van der Waals surface area contributed by atoms with Crippen LogP contribution in [-0.4, -0.2) is 37.1 Å². The lowest BCUT2D eigenvalue weighted by Gasteiger charge is -2.43. The largest absolute Gasteiger partial charge is 0.388 e. The quantitative estimate of drug-likeness (QED) is 0.485. The molecule has 0 amide bonds. The number of halogens is 2. The van der Waals surface area contributed by atoms with E-state index in [-0.39, 0.29) is 29.5 Å². The fourth-order valence-corrected chi connectivity index (χ4v) is 2.20. The zero-order valence-corrected chi connectivity index (χ0v) is 18.6. The van der Waals surface area contributed by atoms with Crippen LogP contribution in [0, 0.1) is 21.7 Å². The van der Waals surface area contributed by atoms with E-state index in [1.807, 2.05) is 27.7 Å². The summed E-state index contributed by atoms with van der Waals surface area (Å²) >= 11 is 0. The summed E-state index contributed by atoms with van der Waals surface area (Å²) in [4.78, 5) is 0. The van der Waals surface area contributed by atoms with Crippen molar-refractivity contribution in [3.05, 3.63) is 0 Å². The summed E-state index contributed by atoms with van der Waals surface area (Å²) in [5, 5.41) is 10.7. The van der Waals surface area contributed by atoms with E-state index < -0.39 is 17.6 Å². The molecule has 0 saturated carbocycles. The molecule has 0 aliphatic heterocycles. The van der Waals surface area contributed by atoms with Crippen molar-refractivity contribution in [2.45, 2.75) is 94.3 Å². The molecule has 0 rings (SSSR count). The molecule has 1 N–H and O–H groups in total. The monoisotopic (exact) mass is 380 g/mol. The minimum absolute atomic E-state index is 0.00302. The normalized spacial score (nSPS) is 16.8. The smallest absolute Gasteiger partial charge is 0.345 e. The zero-order chi connectivity index (χ0) is 21.0. The first-order chi connectivity index (χ1) is 11.3. The van der Waals surface area contributed by atoms with Crippen LogP contribution in [0.15, 0.2) is 0 Å². The summed E-state index contributed by atoms with van der Waals surface area (Å²) in [6, 6.07) is 0. The Kier molecular flexibility index (Phi) is 8.74. The summed E-state index contributed by atoms with van der Waals surface area (Å²) in [5.74, 6) is 0. The Hall–Kier alpha value is -0.260. The van der Waals surface area contributed by atoms with Crippen molar-refractivity contribution in [3.63, 3.8) is 0 Å². The molecule has 0 heterocycles. The van der Waals surface area contributed by atoms with Crippen molar-refractivity contribution in [3.8, 4) is 0 Å². The van der Waals surface area contributed by atoms with Crippen molar-refractivity contribution in [2.75, 3.05) is 19.8 Å². The molecular weight excluding hydrogens is 338 g/mol. The minimum Gasteiger partial charge on any atom is -0.388 e. The van der Waals surface area contributed by atoms with Crippen LogP contribution in [0.3, 0.4) is 0 Å². The second-order valence-corrected chi connectivity index (χ2v) is 11.0. The molecule has 1 atom stereocenters. The van der Waals surface area contributed by atoms with Crippen molar-refractivity contribution >= 4 is 0 Å². The lowest BCUT2D eigenvalue weighted by molar-refractivity contribution is -0.164. The number of hydrogen-bond acceptors (Lipinski definition) is 3. The van der Waals surface area contributed by atoms with E-state index in [0.29, 0.717) is 19.4 Å². The van der Waals surface area contributed by atoms with Gasteiger partial charge < -0.3 is 14.6 Å². The number of rotatable bonds is 11. The molecule has 0 aromatic heterocycles. The van der Waals surface area contributed by atoms with Crippen molar-refractivity contribution in [2.24, 2.45) is 21.7 Å². The van der Waals surface area contributed by atoms with Gasteiger partial charge in [0.15, 0.2) is 0 Å². The molecule has 0 aliphatic rings. The molecule has 0 bridgehead atoms. The third kappa shape index (κ3) is 8.18. The maximum atomic E-state index is 12.4. The average molecular weight is 381 g/mol. The van der Waals surface area contributed by atoms with E-state index in [1.54, 1.807) is 6.92 Å². The molecule has 26 heavy (non-hydrogen) atoms. The predicted molar refractivity (Wildman–Crippen MR) is 103 cm³/mol. The molecule has 0 aromatic rings. The van der Waals surface area contributed by atoms with Gasteiger partial charge in [0.05, 0.1) is 25.4 Å². The van der Waals surface area contributed by atoms with Gasteiger partial charge in [-0.15, -0.1) is 0 Å². The molecule has 0 fully saturated rings. The van der Waals surface area contributed by atoms with Crippen LogP contribution in [-0.2, 0) is 9.47 Å². The van der Waals surface area contributed by atoms with Gasteiger partial charge in [0.1, 0.15) is 0 Å². The van der Waals surface area contributed by atoms with Crippen molar-refractivity contribution < 1.29 is 23.4 Å². The Bertz CT molecular complexity index is 421. The first-order valence-corrected chi connectivity index (χ1v) is 9.53. The molecule has 0 aromatic carbocycles. The fourth-order valence-electron chi connectivity index (χ4n) is 2.20. The minimum atomic E-state index is -2.76. The summed E-state index contributed by atoms with van der Waals surface area (Å²) in [6.45, 7) is 18.6. The average Bonchev–Trinajstić information content (AvgIpc) is 2.41. The number of alkyl halides is 2. The third-order valence-electron chi connectivity index (χ3n) is 6.60. The maximum absolute atomic E-state index is 12.4. The second kappa shape index (κ2) is 8.83. The third-order valence-corrected chi connectivity index (χ3v) is 6.60. The number of aliphatic hydroxyl groups is 1. The highest BCUT2D eigenvalue weighted by atomic mass is 19.3. The first kappa shape index (κ1) is 25.7. The molecule has 0 spiro atoms. The Balaban J connectivity index is 4.62. The SMILES string of the molecule is CC(O)(CCC(C)(C)C(C)(C)COC(F)F)COCC(C)(C)C(C)(C)C. The van der Waals surface area contributed by atoms with E-state index in [0.717, 1.165) is 0 Å². The summed E-state index contributed by atoms with van der Waals surface area (Å²) < 4.78 is 35.1. The zero-order valence-electron chi connectivity index (χ0n) is 18.6. The van der Waals surface area contributed by atoms with E-state index >= 15 is 0 Å². The molecule has 3 nitrogen and oxygen atoms in total. The van der Waals surface area contributed by atoms with Gasteiger partial charge in [0.25, 0.3) is 0 Å². The molecule has 1 unspecified atom stereocenters. The van der Waals surface area contributed by atoms with Crippen LogP contribution in [0.25, 0.3) is 0 Å². The van der Waals surface area contributed by atoms with Gasteiger partial charge in [-0.1, -0.05) is 62.3 Å². The van der Waals surface area contributed by atoms with Crippen LogP contribution in [0.2, 0.25) is 0 Å². The highest BCUT2D eigenvalue weighted by Gasteiger charge is 2.39. The summed E-state index contributed by atoms with van der Waals surface area (Å²) in [7, 11) is 0. The number of hydrogen-bond donors (Lipinski definition) is 1. The Morgan fingerprint density at radius 2 is 1.19 bits per heavy atom. The van der Waals surface area contributed by atoms with Crippen LogP contribution >= 0.6 is 0 Å². The molecule has 0 aliphatic carbocycles. The van der Waals surface area contributed by atoms with Crippen LogP contribution in [0.5, 0.6) is 0 Å². The van der Waals surface area contributed by atoms with Crippen molar-refractivity contribution in [1.29, 1.82) is 0 Å². The van der Waals surface area contributed by atoms with E-state index in [9.17, 15) is 13.9 Å². The maximum Gasteiger partial charge on any atom is 0.345 e. The Morgan fingerprint density at radius 3 is 1.62 bits per heavy atom. The standard InChI is InChI=1S/C21H42F2O3/c1-17(2,3)19(6,7)13-25-15-21(10,24)12-11-18(4,5)20(8,9)14-26-16(22)23/h16,24H,11-15H2,1-10H3. The van der Waals surface area contributed by atoms with Gasteiger partial charge in [-0.25, -0.2) is 0 Å². The highest BCUT2D eigenvalue weighted by molar-refractivity contribution is 4.89. The first-order valence-electron chi connectivity index (χ1n) is 9.53. The Labute approximate surface area is 159 Å². The van der Waals surface area contributed by atoms with Gasteiger partial charge in [0, 0.05) is 0 Å². The molecular formula is C21H42F2O3. The molecule has 158 valence electrons. The highest BCUT2D eigenvalue weighted by Crippen LogP contribution is 2.44. The second-order valence-electron chi connectivity index (χ2n) is 11.0. The van der Waals surface area contributed by atoms with Gasteiger partial charge in [-0.2, -0.15) is 8.78 Å². The van der Waals surface area contributed by atoms with E-state index in [2.05, 4.69) is 39.4 Å². The number of ether oxygens (including phenoxy) is 2. The molecule has 0 saturated heterocycles. The Morgan fingerprint density at radius 1 is 0.692 bits per heavy atom. The van der Waals surface area contributed by atoms with Crippen LogP contribution in [0.1, 0.15) is 82.1 Å². The van der Waals surface area contributed by atoms with Gasteiger partial charge in [0.2, 0.25) is 0 Å². The lowest BCUT2D eigenvalue weighted by atomic mass is 9.65. The van der Waals surface area contributed by atoms with Crippen LogP contribution < -0.4 is 0 Å². The lowest BCUT2D eigenvalue weighted by Crippen LogP contribution is -2.41. The van der Waals surface area contributed by atoms with Crippen LogP contribution in [0.4, 0.5) is 8.78 Å².